The van der Waals surface area contributed by atoms with E-state index >= 15 is 0 Å². The summed E-state index contributed by atoms with van der Waals surface area (Å²) in [7, 11) is 0. The van der Waals surface area contributed by atoms with Gasteiger partial charge in [-0.05, 0) is 26.7 Å². The van der Waals surface area contributed by atoms with Gasteiger partial charge in [-0.2, -0.15) is 0 Å². The number of nitrogens with one attached hydrogen (secondary N) is 1. The Morgan fingerprint density at radius 2 is 2.07 bits per heavy atom. The summed E-state index contributed by atoms with van der Waals surface area (Å²) in [5.41, 5.74) is 5.27. The van der Waals surface area contributed by atoms with Crippen molar-refractivity contribution in [2.45, 2.75) is 38.8 Å². The second-order valence-corrected chi connectivity index (χ2v) is 3.47. The van der Waals surface area contributed by atoms with Gasteiger partial charge < -0.3 is 20.9 Å². The molecule has 0 unspecified atom stereocenters. The lowest BCUT2D eigenvalue weighted by atomic mass is 10.2. The molecule has 0 aliphatic carbocycles. The first-order valence-electron chi connectivity index (χ1n) is 4.86. The third kappa shape index (κ3) is 7.75. The minimum atomic E-state index is -1.03. The Morgan fingerprint density at radius 1 is 1.47 bits per heavy atom. The molecule has 6 nitrogen and oxygen atoms in total. The van der Waals surface area contributed by atoms with Gasteiger partial charge in [0.25, 0.3) is 0 Å². The molecule has 15 heavy (non-hydrogen) atoms. The van der Waals surface area contributed by atoms with Crippen LogP contribution in [0.5, 0.6) is 0 Å². The standard InChI is InChI=1S/C9H18N2O4/c1-6(2)15-9(14)11-5-3-4-7(10)8(12)13/h6-7H,3-5,10H2,1-2H3,(H,11,14)(H,12,13)/t7-/m0/s1. The number of hydrogen-bond acceptors (Lipinski definition) is 4. The highest BCUT2D eigenvalue weighted by atomic mass is 16.6. The molecule has 0 aliphatic heterocycles. The zero-order chi connectivity index (χ0) is 11.8. The van der Waals surface area contributed by atoms with E-state index in [1.54, 1.807) is 13.8 Å². The van der Waals surface area contributed by atoms with E-state index in [2.05, 4.69) is 5.32 Å². The molecule has 1 amide bonds. The van der Waals surface area contributed by atoms with Crippen molar-refractivity contribution in [1.82, 2.24) is 5.32 Å². The Morgan fingerprint density at radius 3 is 2.53 bits per heavy atom. The van der Waals surface area contributed by atoms with Crippen LogP contribution in [0.4, 0.5) is 4.79 Å². The topological polar surface area (TPSA) is 102 Å². The molecule has 0 aliphatic rings. The van der Waals surface area contributed by atoms with Crippen molar-refractivity contribution < 1.29 is 19.4 Å². The zero-order valence-corrected chi connectivity index (χ0v) is 9.03. The summed E-state index contributed by atoms with van der Waals surface area (Å²) in [6.07, 6.45) is 0.193. The van der Waals surface area contributed by atoms with E-state index in [1.807, 2.05) is 0 Å². The number of carbonyl (C=O) groups excluding carboxylic acids is 1. The Balaban J connectivity index is 3.46. The summed E-state index contributed by atoms with van der Waals surface area (Å²) >= 11 is 0. The van der Waals surface area contributed by atoms with Crippen LogP contribution in [0.25, 0.3) is 0 Å². The number of hydrogen-bond donors (Lipinski definition) is 3. The molecule has 0 bridgehead atoms. The Hall–Kier alpha value is -1.30. The van der Waals surface area contributed by atoms with Crippen LogP contribution >= 0.6 is 0 Å². The fraction of sp³-hybridized carbons (Fsp3) is 0.778. The van der Waals surface area contributed by atoms with E-state index in [0.29, 0.717) is 19.4 Å². The van der Waals surface area contributed by atoms with Crippen LogP contribution in [-0.2, 0) is 9.53 Å². The molecular weight excluding hydrogens is 200 g/mol. The monoisotopic (exact) mass is 218 g/mol. The van der Waals surface area contributed by atoms with Gasteiger partial charge in [0.05, 0.1) is 6.10 Å². The predicted molar refractivity (Wildman–Crippen MR) is 54.5 cm³/mol. The van der Waals surface area contributed by atoms with E-state index in [9.17, 15) is 9.59 Å². The number of amides is 1. The highest BCUT2D eigenvalue weighted by molar-refractivity contribution is 5.73. The van der Waals surface area contributed by atoms with Crippen LogP contribution < -0.4 is 11.1 Å². The maximum atomic E-state index is 11.0. The Bertz CT molecular complexity index is 218. The Kier molecular flexibility index (Phi) is 6.44. The van der Waals surface area contributed by atoms with Gasteiger partial charge in [-0.25, -0.2) is 4.79 Å². The first-order chi connectivity index (χ1) is 6.93. The van der Waals surface area contributed by atoms with Crippen molar-refractivity contribution in [3.63, 3.8) is 0 Å². The average molecular weight is 218 g/mol. The van der Waals surface area contributed by atoms with Crippen molar-refractivity contribution in [1.29, 1.82) is 0 Å². The summed E-state index contributed by atoms with van der Waals surface area (Å²) in [5.74, 6) is -1.03. The molecule has 4 N–H and O–H groups in total. The van der Waals surface area contributed by atoms with Crippen LogP contribution in [0, 0.1) is 0 Å². The summed E-state index contributed by atoms with van der Waals surface area (Å²) in [5, 5.41) is 11.0. The second-order valence-electron chi connectivity index (χ2n) is 3.47. The van der Waals surface area contributed by atoms with Gasteiger partial charge in [-0.1, -0.05) is 0 Å². The largest absolute Gasteiger partial charge is 0.480 e. The highest BCUT2D eigenvalue weighted by Crippen LogP contribution is 1.94. The first kappa shape index (κ1) is 13.7. The van der Waals surface area contributed by atoms with Crippen molar-refractivity contribution in [2.24, 2.45) is 5.73 Å². The molecule has 0 aromatic heterocycles. The minimum Gasteiger partial charge on any atom is -0.480 e. The first-order valence-corrected chi connectivity index (χ1v) is 4.86. The molecule has 0 radical (unpaired) electrons. The molecule has 0 aromatic carbocycles. The lowest BCUT2D eigenvalue weighted by Gasteiger charge is -2.10. The van der Waals surface area contributed by atoms with E-state index in [-0.39, 0.29) is 6.10 Å². The number of alkyl carbamates (subject to hydrolysis) is 1. The molecule has 0 aromatic rings. The van der Waals surface area contributed by atoms with Gasteiger partial charge in [0.2, 0.25) is 0 Å². The van der Waals surface area contributed by atoms with Gasteiger partial charge in [-0.15, -0.1) is 0 Å². The van der Waals surface area contributed by atoms with Gasteiger partial charge in [0.1, 0.15) is 6.04 Å². The van der Waals surface area contributed by atoms with E-state index in [0.717, 1.165) is 0 Å². The van der Waals surface area contributed by atoms with Crippen molar-refractivity contribution in [2.75, 3.05) is 6.54 Å². The molecule has 0 heterocycles. The van der Waals surface area contributed by atoms with Crippen LogP contribution in [0.3, 0.4) is 0 Å². The predicted octanol–water partition coefficient (Wildman–Crippen LogP) is 0.313. The van der Waals surface area contributed by atoms with Crippen LogP contribution in [0.15, 0.2) is 0 Å². The van der Waals surface area contributed by atoms with Gasteiger partial charge in [0.15, 0.2) is 0 Å². The molecular formula is C9H18N2O4. The lowest BCUT2D eigenvalue weighted by molar-refractivity contribution is -0.138. The SMILES string of the molecule is CC(C)OC(=O)NCCC[C@H](N)C(=O)O. The minimum absolute atomic E-state index is 0.161. The normalized spacial score (nSPS) is 12.3. The van der Waals surface area contributed by atoms with Crippen molar-refractivity contribution in [3.05, 3.63) is 0 Å². The summed E-state index contributed by atoms with van der Waals surface area (Å²) < 4.78 is 4.81. The Labute approximate surface area is 88.8 Å². The maximum absolute atomic E-state index is 11.0. The number of aliphatic carboxylic acids is 1. The number of carboxylic acids is 1. The summed E-state index contributed by atoms with van der Waals surface area (Å²) in [4.78, 5) is 21.3. The molecule has 0 fully saturated rings. The zero-order valence-electron chi connectivity index (χ0n) is 9.03. The number of rotatable bonds is 6. The number of ether oxygens (including phenoxy) is 1. The highest BCUT2D eigenvalue weighted by Gasteiger charge is 2.10. The van der Waals surface area contributed by atoms with Crippen LogP contribution in [0.1, 0.15) is 26.7 Å². The maximum Gasteiger partial charge on any atom is 0.407 e. The van der Waals surface area contributed by atoms with Gasteiger partial charge >= 0.3 is 12.1 Å². The van der Waals surface area contributed by atoms with E-state index in [4.69, 9.17) is 15.6 Å². The molecule has 88 valence electrons. The van der Waals surface area contributed by atoms with Crippen molar-refractivity contribution in [3.8, 4) is 0 Å². The quantitative estimate of drug-likeness (QED) is 0.557. The summed E-state index contributed by atoms with van der Waals surface area (Å²) in [6.45, 7) is 3.87. The van der Waals surface area contributed by atoms with Crippen molar-refractivity contribution >= 4 is 12.1 Å². The van der Waals surface area contributed by atoms with Crippen LogP contribution in [0.2, 0.25) is 0 Å². The molecule has 0 spiro atoms. The fourth-order valence-corrected chi connectivity index (χ4v) is 0.892. The molecule has 0 saturated carbocycles. The average Bonchev–Trinajstić information content (AvgIpc) is 2.10. The third-order valence-electron chi connectivity index (χ3n) is 1.62. The fourth-order valence-electron chi connectivity index (χ4n) is 0.892. The molecule has 0 saturated heterocycles. The van der Waals surface area contributed by atoms with E-state index < -0.39 is 18.1 Å². The van der Waals surface area contributed by atoms with E-state index in [1.165, 1.54) is 0 Å². The molecule has 6 heteroatoms. The van der Waals surface area contributed by atoms with Gasteiger partial charge in [-0.3, -0.25) is 4.79 Å². The second kappa shape index (κ2) is 7.05. The van der Waals surface area contributed by atoms with Crippen LogP contribution in [-0.4, -0.2) is 35.9 Å². The third-order valence-corrected chi connectivity index (χ3v) is 1.62. The number of carbonyl (C=O) groups is 2. The molecule has 0 rings (SSSR count). The van der Waals surface area contributed by atoms with Gasteiger partial charge in [0, 0.05) is 6.54 Å². The lowest BCUT2D eigenvalue weighted by Crippen LogP contribution is -2.32. The molecule has 1 atom stereocenters. The summed E-state index contributed by atoms with van der Waals surface area (Å²) in [6, 6.07) is -0.868. The number of carboxylic acid groups (broad SMARTS) is 1. The number of nitrogens with two attached hydrogens (primary N) is 1. The smallest absolute Gasteiger partial charge is 0.407 e.